The normalized spacial score (nSPS) is 18.4. The van der Waals surface area contributed by atoms with E-state index in [4.69, 9.17) is 23.2 Å². The quantitative estimate of drug-likeness (QED) is 0.308. The molecule has 0 saturated heterocycles. The van der Waals surface area contributed by atoms with Crippen LogP contribution in [0.5, 0.6) is 0 Å². The molecule has 6 rings (SSSR count). The van der Waals surface area contributed by atoms with Crippen molar-refractivity contribution in [3.05, 3.63) is 139 Å². The molecule has 4 heteroatoms. The Hall–Kier alpha value is -3.20. The van der Waals surface area contributed by atoms with Crippen LogP contribution in [-0.4, -0.2) is 11.6 Å². The Balaban J connectivity index is 1.74. The minimum Gasteiger partial charge on any atom is -0.289 e. The van der Waals surface area contributed by atoms with Crippen molar-refractivity contribution in [1.29, 1.82) is 0 Å². The summed E-state index contributed by atoms with van der Waals surface area (Å²) >= 11 is 13.5. The molecule has 2 aliphatic carbocycles. The van der Waals surface area contributed by atoms with Crippen LogP contribution >= 0.6 is 23.2 Å². The van der Waals surface area contributed by atoms with Crippen LogP contribution in [0.1, 0.15) is 65.9 Å². The molecule has 2 nitrogen and oxygen atoms in total. The van der Waals surface area contributed by atoms with E-state index >= 15 is 0 Å². The van der Waals surface area contributed by atoms with Gasteiger partial charge in [0.15, 0.2) is 11.6 Å². The molecule has 2 aliphatic rings. The van der Waals surface area contributed by atoms with E-state index in [-0.39, 0.29) is 23.4 Å². The highest BCUT2D eigenvalue weighted by molar-refractivity contribution is 6.33. The summed E-state index contributed by atoms with van der Waals surface area (Å²) in [4.78, 5) is 26.7. The average Bonchev–Trinajstić information content (AvgIpc) is 2.82. The van der Waals surface area contributed by atoms with Gasteiger partial charge in [-0.25, -0.2) is 0 Å². The van der Waals surface area contributed by atoms with E-state index in [9.17, 15) is 9.59 Å². The Morgan fingerprint density at radius 3 is 1.28 bits per heavy atom. The Morgan fingerprint density at radius 1 is 0.469 bits per heavy atom. The molecular weight excluding hydrogens is 439 g/mol. The zero-order valence-corrected chi connectivity index (χ0v) is 18.3. The summed E-state index contributed by atoms with van der Waals surface area (Å²) < 4.78 is 0. The summed E-state index contributed by atoms with van der Waals surface area (Å²) in [6.07, 6.45) is 0. The maximum absolute atomic E-state index is 13.4. The van der Waals surface area contributed by atoms with Gasteiger partial charge >= 0.3 is 0 Å². The summed E-state index contributed by atoms with van der Waals surface area (Å²) in [6.45, 7) is 0. The molecule has 32 heavy (non-hydrogen) atoms. The molecule has 154 valence electrons. The molecule has 0 bridgehead atoms. The zero-order chi connectivity index (χ0) is 22.0. The lowest BCUT2D eigenvalue weighted by atomic mass is 9.64. The molecule has 0 radical (unpaired) electrons. The molecular formula is C28H16Cl2O2. The van der Waals surface area contributed by atoms with Gasteiger partial charge in [0.25, 0.3) is 0 Å². The van der Waals surface area contributed by atoms with Gasteiger partial charge in [-0.05, 0) is 34.4 Å². The highest BCUT2D eigenvalue weighted by Gasteiger charge is 2.43. The van der Waals surface area contributed by atoms with Crippen LogP contribution in [0.3, 0.4) is 0 Å². The van der Waals surface area contributed by atoms with Crippen molar-refractivity contribution in [2.75, 3.05) is 0 Å². The monoisotopic (exact) mass is 454 g/mol. The van der Waals surface area contributed by atoms with Crippen LogP contribution in [0.15, 0.2) is 84.9 Å². The van der Waals surface area contributed by atoms with Crippen molar-refractivity contribution in [3.8, 4) is 0 Å². The SMILES string of the molecule is O=C1c2ccccc2C(C2c3ccccc3C(=O)c3cccc(Cl)c32)c2c(Cl)cccc21. The van der Waals surface area contributed by atoms with Gasteiger partial charge < -0.3 is 0 Å². The fraction of sp³-hybridized carbons (Fsp3) is 0.0714. The number of hydrogen-bond donors (Lipinski definition) is 0. The van der Waals surface area contributed by atoms with E-state index in [0.29, 0.717) is 32.3 Å². The molecule has 0 amide bonds. The lowest BCUT2D eigenvalue weighted by Crippen LogP contribution is -2.29. The first-order valence-electron chi connectivity index (χ1n) is 10.4. The third-order valence-electron chi connectivity index (χ3n) is 6.63. The predicted molar refractivity (Wildman–Crippen MR) is 126 cm³/mol. The molecule has 2 unspecified atom stereocenters. The number of ketones is 2. The van der Waals surface area contributed by atoms with E-state index < -0.39 is 0 Å². The predicted octanol–water partition coefficient (Wildman–Crippen LogP) is 7.05. The maximum Gasteiger partial charge on any atom is 0.193 e. The first-order chi connectivity index (χ1) is 15.6. The topological polar surface area (TPSA) is 34.1 Å². The van der Waals surface area contributed by atoms with Crippen LogP contribution in [0.25, 0.3) is 0 Å². The number of halogens is 2. The van der Waals surface area contributed by atoms with Gasteiger partial charge in [-0.2, -0.15) is 0 Å². The minimum atomic E-state index is -0.263. The molecule has 2 atom stereocenters. The molecule has 0 heterocycles. The Kier molecular flexibility index (Phi) is 4.36. The van der Waals surface area contributed by atoms with Gasteiger partial charge in [-0.3, -0.25) is 9.59 Å². The first-order valence-corrected chi connectivity index (χ1v) is 11.2. The average molecular weight is 455 g/mol. The summed E-state index contributed by atoms with van der Waals surface area (Å²) in [5.74, 6) is -0.594. The molecule has 0 saturated carbocycles. The van der Waals surface area contributed by atoms with Crippen molar-refractivity contribution in [3.63, 3.8) is 0 Å². The van der Waals surface area contributed by atoms with Crippen LogP contribution in [-0.2, 0) is 0 Å². The molecule has 0 spiro atoms. The third-order valence-corrected chi connectivity index (χ3v) is 7.29. The molecule has 0 fully saturated rings. The van der Waals surface area contributed by atoms with Crippen LogP contribution in [0.2, 0.25) is 10.0 Å². The molecule has 0 aromatic heterocycles. The van der Waals surface area contributed by atoms with Crippen molar-refractivity contribution < 1.29 is 9.59 Å². The second kappa shape index (κ2) is 7.16. The van der Waals surface area contributed by atoms with E-state index in [1.165, 1.54) is 0 Å². The summed E-state index contributed by atoms with van der Waals surface area (Å²) in [5, 5.41) is 1.08. The van der Waals surface area contributed by atoms with E-state index in [1.807, 2.05) is 84.9 Å². The van der Waals surface area contributed by atoms with Crippen LogP contribution < -0.4 is 0 Å². The second-order valence-electron chi connectivity index (χ2n) is 8.19. The van der Waals surface area contributed by atoms with Crippen LogP contribution in [0, 0.1) is 0 Å². The fourth-order valence-corrected chi connectivity index (χ4v) is 5.93. The number of carbonyl (C=O) groups is 2. The molecule has 4 aromatic rings. The van der Waals surface area contributed by atoms with Crippen molar-refractivity contribution >= 4 is 34.8 Å². The van der Waals surface area contributed by atoms with E-state index in [2.05, 4.69) is 0 Å². The number of benzene rings is 4. The second-order valence-corrected chi connectivity index (χ2v) is 9.00. The number of fused-ring (bicyclic) bond motifs is 4. The third kappa shape index (κ3) is 2.60. The smallest absolute Gasteiger partial charge is 0.193 e. The number of rotatable bonds is 1. The molecule has 0 N–H and O–H groups in total. The first kappa shape index (κ1) is 19.5. The summed E-state index contributed by atoms with van der Waals surface area (Å²) in [7, 11) is 0. The summed E-state index contributed by atoms with van der Waals surface area (Å²) in [5.41, 5.74) is 5.91. The standard InChI is InChI=1S/C28H16Cl2O2/c29-21-13-5-11-19-23(21)25(15-7-1-3-9-17(15)27(19)31)26-16-8-2-4-10-18(16)28(32)20-12-6-14-22(30)24(20)26/h1-14,25-26H. The Labute approximate surface area is 195 Å². The number of carbonyl (C=O) groups excluding carboxylic acids is 2. The highest BCUT2D eigenvalue weighted by atomic mass is 35.5. The van der Waals surface area contributed by atoms with E-state index in [1.54, 1.807) is 0 Å². The van der Waals surface area contributed by atoms with Gasteiger partial charge in [0.05, 0.1) is 0 Å². The maximum atomic E-state index is 13.4. The Bertz CT molecular complexity index is 1340. The minimum absolute atomic E-state index is 0.0334. The summed E-state index contributed by atoms with van der Waals surface area (Å²) in [6, 6.07) is 26.3. The van der Waals surface area contributed by atoms with Gasteiger partial charge in [-0.1, -0.05) is 96.0 Å². The fourth-order valence-electron chi connectivity index (χ4n) is 5.35. The Morgan fingerprint density at radius 2 is 0.844 bits per heavy atom. The number of hydrogen-bond acceptors (Lipinski definition) is 2. The van der Waals surface area contributed by atoms with Gasteiger partial charge in [-0.15, -0.1) is 0 Å². The van der Waals surface area contributed by atoms with Crippen LogP contribution in [0.4, 0.5) is 0 Å². The lowest BCUT2D eigenvalue weighted by molar-refractivity contribution is 0.102. The van der Waals surface area contributed by atoms with Gasteiger partial charge in [0.1, 0.15) is 0 Å². The molecule has 0 aliphatic heterocycles. The van der Waals surface area contributed by atoms with Crippen molar-refractivity contribution in [2.45, 2.75) is 11.8 Å². The zero-order valence-electron chi connectivity index (χ0n) is 16.8. The van der Waals surface area contributed by atoms with Crippen molar-refractivity contribution in [1.82, 2.24) is 0 Å². The lowest BCUT2D eigenvalue weighted by Gasteiger charge is -2.38. The largest absolute Gasteiger partial charge is 0.289 e. The van der Waals surface area contributed by atoms with Gasteiger partial charge in [0, 0.05) is 44.1 Å². The van der Waals surface area contributed by atoms with E-state index in [0.717, 1.165) is 22.3 Å². The highest BCUT2D eigenvalue weighted by Crippen LogP contribution is 2.54. The molecule has 4 aromatic carbocycles. The van der Waals surface area contributed by atoms with Crippen molar-refractivity contribution in [2.24, 2.45) is 0 Å². The van der Waals surface area contributed by atoms with Gasteiger partial charge in [0.2, 0.25) is 0 Å².